The molecule has 0 aromatic carbocycles. The molecule has 1 aliphatic heterocycles. The van der Waals surface area contributed by atoms with Crippen LogP contribution in [0.2, 0.25) is 0 Å². The second-order valence-corrected chi connectivity index (χ2v) is 19.6. The van der Waals surface area contributed by atoms with Crippen molar-refractivity contribution in [2.24, 2.45) is 0 Å². The maximum absolute atomic E-state index is 13.4. The molecule has 1 heterocycles. The first-order valence-electron chi connectivity index (χ1n) is 29.2. The fraction of sp³-hybridized carbons (Fsp3) is 0.683. The highest BCUT2D eigenvalue weighted by Crippen LogP contribution is 2.26. The summed E-state index contributed by atoms with van der Waals surface area (Å²) in [6.45, 7) is 5.50. The summed E-state index contributed by atoms with van der Waals surface area (Å²) in [7, 11) is 0. The zero-order chi connectivity index (χ0) is 54.0. The summed E-state index contributed by atoms with van der Waals surface area (Å²) in [5.74, 6) is -1.26. The van der Waals surface area contributed by atoms with E-state index in [0.717, 1.165) is 128 Å². The molecular formula is C63H105NO10. The first kappa shape index (κ1) is 68.3. The molecule has 11 heteroatoms. The summed E-state index contributed by atoms with van der Waals surface area (Å²) in [5, 5.41) is 56.8. The summed E-state index contributed by atoms with van der Waals surface area (Å²) in [6.07, 6.45) is 57.0. The van der Waals surface area contributed by atoms with Gasteiger partial charge in [0, 0.05) is 6.42 Å². The third-order valence-electron chi connectivity index (χ3n) is 12.9. The lowest BCUT2D eigenvalue weighted by Gasteiger charge is -2.41. The Hall–Kier alpha value is -3.68. The minimum absolute atomic E-state index is 0.0616. The van der Waals surface area contributed by atoms with Crippen molar-refractivity contribution in [2.75, 3.05) is 13.2 Å². The van der Waals surface area contributed by atoms with Crippen LogP contribution in [0.1, 0.15) is 213 Å². The Morgan fingerprint density at radius 3 is 1.46 bits per heavy atom. The Bertz CT molecular complexity index is 1610. The number of aliphatic hydroxyl groups excluding tert-OH is 5. The number of unbranched alkanes of at least 4 members (excludes halogenated alkanes) is 17. The molecule has 8 atom stereocenters. The number of aliphatic hydroxyl groups is 5. The van der Waals surface area contributed by atoms with Crippen molar-refractivity contribution in [2.45, 2.75) is 262 Å². The van der Waals surface area contributed by atoms with Crippen molar-refractivity contribution < 1.29 is 49.3 Å². The van der Waals surface area contributed by atoms with E-state index in [-0.39, 0.29) is 19.4 Å². The van der Waals surface area contributed by atoms with E-state index in [1.54, 1.807) is 6.08 Å². The Morgan fingerprint density at radius 2 is 0.973 bits per heavy atom. The number of carbonyl (C=O) groups is 2. The fourth-order valence-corrected chi connectivity index (χ4v) is 8.34. The largest absolute Gasteiger partial charge is 0.454 e. The zero-order valence-corrected chi connectivity index (χ0v) is 46.4. The average Bonchev–Trinajstić information content (AvgIpc) is 3.40. The van der Waals surface area contributed by atoms with Crippen molar-refractivity contribution in [3.8, 4) is 0 Å². The number of hydrogen-bond donors (Lipinski definition) is 6. The van der Waals surface area contributed by atoms with Gasteiger partial charge < -0.3 is 45.1 Å². The van der Waals surface area contributed by atoms with Gasteiger partial charge in [0.25, 0.3) is 0 Å². The number of hydrogen-bond acceptors (Lipinski definition) is 10. The molecule has 6 N–H and O–H groups in total. The van der Waals surface area contributed by atoms with Gasteiger partial charge >= 0.3 is 5.97 Å². The highest BCUT2D eigenvalue weighted by molar-refractivity contribution is 5.80. The molecular weight excluding hydrogens is 931 g/mol. The van der Waals surface area contributed by atoms with E-state index >= 15 is 0 Å². The van der Waals surface area contributed by atoms with Crippen LogP contribution in [0.25, 0.3) is 0 Å². The Morgan fingerprint density at radius 1 is 0.541 bits per heavy atom. The van der Waals surface area contributed by atoms with Crippen LogP contribution in [0.3, 0.4) is 0 Å². The number of carbonyl (C=O) groups excluding carboxylic acids is 2. The molecule has 0 bridgehead atoms. The maximum Gasteiger partial charge on any atom is 0.306 e. The number of amides is 1. The van der Waals surface area contributed by atoms with Crippen LogP contribution in [0, 0.1) is 0 Å². The molecule has 422 valence electrons. The van der Waals surface area contributed by atoms with Crippen LogP contribution in [0.4, 0.5) is 0 Å². The molecule has 0 aromatic rings. The molecule has 74 heavy (non-hydrogen) atoms. The van der Waals surface area contributed by atoms with E-state index in [4.69, 9.17) is 14.2 Å². The van der Waals surface area contributed by atoms with E-state index < -0.39 is 67.4 Å². The van der Waals surface area contributed by atoms with E-state index in [0.29, 0.717) is 12.8 Å². The highest BCUT2D eigenvalue weighted by Gasteiger charge is 2.47. The van der Waals surface area contributed by atoms with Crippen LogP contribution in [0.15, 0.2) is 109 Å². The SMILES string of the molecule is CC/C=C\C/C=C\C/C=C\C/C=C\C/C=C\C/C=C\CCCCC(=O)OC1C(OCC(NC(=O)C(O)CCCCCCCC/C=C/C/C=C/CC)C(O)/C=C/CCCCCCCCCCC)OC(CO)C(O)C1O. The molecule has 1 aliphatic rings. The van der Waals surface area contributed by atoms with E-state index in [1.807, 2.05) is 6.08 Å². The van der Waals surface area contributed by atoms with E-state index in [2.05, 4.69) is 123 Å². The van der Waals surface area contributed by atoms with Gasteiger partial charge in [0.1, 0.15) is 24.4 Å². The van der Waals surface area contributed by atoms with Gasteiger partial charge in [-0.2, -0.15) is 0 Å². The van der Waals surface area contributed by atoms with E-state index in [9.17, 15) is 35.1 Å². The second kappa shape index (κ2) is 50.2. The number of esters is 1. The predicted octanol–water partition coefficient (Wildman–Crippen LogP) is 13.3. The van der Waals surface area contributed by atoms with Gasteiger partial charge in [-0.1, -0.05) is 214 Å². The minimum Gasteiger partial charge on any atom is -0.454 e. The third kappa shape index (κ3) is 38.0. The molecule has 0 aromatic heterocycles. The molecule has 8 unspecified atom stereocenters. The molecule has 1 rings (SSSR count). The summed E-state index contributed by atoms with van der Waals surface area (Å²) in [5.41, 5.74) is 0. The Balaban J connectivity index is 2.73. The van der Waals surface area contributed by atoms with Crippen LogP contribution < -0.4 is 5.32 Å². The molecule has 11 nitrogen and oxygen atoms in total. The number of allylic oxidation sites excluding steroid dienone is 17. The Kier molecular flexibility index (Phi) is 46.3. The summed E-state index contributed by atoms with van der Waals surface area (Å²) < 4.78 is 17.5. The molecule has 1 fully saturated rings. The lowest BCUT2D eigenvalue weighted by molar-refractivity contribution is -0.305. The lowest BCUT2D eigenvalue weighted by Crippen LogP contribution is -2.61. The van der Waals surface area contributed by atoms with Crippen LogP contribution in [-0.2, 0) is 23.8 Å². The smallest absolute Gasteiger partial charge is 0.306 e. The summed E-state index contributed by atoms with van der Waals surface area (Å²) in [4.78, 5) is 26.4. The van der Waals surface area contributed by atoms with Gasteiger partial charge in [-0.25, -0.2) is 0 Å². The highest BCUT2D eigenvalue weighted by atomic mass is 16.7. The Labute approximate surface area is 449 Å². The van der Waals surface area contributed by atoms with E-state index in [1.165, 1.54) is 38.5 Å². The summed E-state index contributed by atoms with van der Waals surface area (Å²) in [6, 6.07) is -1.04. The normalized spacial score (nSPS) is 20.1. The van der Waals surface area contributed by atoms with Gasteiger partial charge in [-0.3, -0.25) is 9.59 Å². The average molecular weight is 1040 g/mol. The van der Waals surface area contributed by atoms with Crippen LogP contribution >= 0.6 is 0 Å². The van der Waals surface area contributed by atoms with Crippen molar-refractivity contribution in [1.82, 2.24) is 5.32 Å². The first-order valence-corrected chi connectivity index (χ1v) is 29.2. The van der Waals surface area contributed by atoms with Crippen molar-refractivity contribution >= 4 is 11.9 Å². The van der Waals surface area contributed by atoms with Gasteiger partial charge in [0.05, 0.1) is 25.4 Å². The van der Waals surface area contributed by atoms with Crippen LogP contribution in [-0.4, -0.2) is 99.6 Å². The predicted molar refractivity (Wildman–Crippen MR) is 305 cm³/mol. The second-order valence-electron chi connectivity index (χ2n) is 19.6. The standard InChI is InChI=1S/C63H105NO10/c1-4-7-10-13-16-19-22-24-25-26-27-28-29-30-31-33-36-39-42-45-48-51-58(68)74-61-60(70)59(69)57(52-65)73-63(61)72-53-54(55(66)49-46-43-40-37-34-21-18-15-12-9-6-3)64-62(71)56(67)50-47-44-41-38-35-32-23-20-17-14-11-8-5-2/h7-8,10-11,16-17,19-20,24-25,27-28,30-31,36,39,46,49,54-57,59-61,63,65-67,69-70H,4-6,9,12-15,18,21-23,26,29,32-35,37-38,40-45,47-48,50-53H2,1-3H3,(H,64,71)/b10-7-,11-8+,19-16-,20-17+,25-24-,28-27-,31-30-,39-36-,49-46+. The van der Waals surface area contributed by atoms with Crippen molar-refractivity contribution in [3.63, 3.8) is 0 Å². The number of nitrogens with one attached hydrogen (secondary N) is 1. The number of rotatable bonds is 47. The van der Waals surface area contributed by atoms with Gasteiger partial charge in [0.2, 0.25) is 5.91 Å². The molecule has 1 saturated heterocycles. The minimum atomic E-state index is -1.64. The zero-order valence-electron chi connectivity index (χ0n) is 46.4. The topological polar surface area (TPSA) is 175 Å². The molecule has 0 radical (unpaired) electrons. The van der Waals surface area contributed by atoms with Crippen molar-refractivity contribution in [1.29, 1.82) is 0 Å². The third-order valence-corrected chi connectivity index (χ3v) is 12.9. The molecule has 0 saturated carbocycles. The number of ether oxygens (including phenoxy) is 3. The molecule has 0 spiro atoms. The fourth-order valence-electron chi connectivity index (χ4n) is 8.34. The van der Waals surface area contributed by atoms with Gasteiger partial charge in [0.15, 0.2) is 12.4 Å². The van der Waals surface area contributed by atoms with Gasteiger partial charge in [-0.15, -0.1) is 0 Å². The molecule has 0 aliphatic carbocycles. The quantitative estimate of drug-likeness (QED) is 0.0196. The van der Waals surface area contributed by atoms with Crippen LogP contribution in [0.5, 0.6) is 0 Å². The summed E-state index contributed by atoms with van der Waals surface area (Å²) >= 11 is 0. The first-order chi connectivity index (χ1) is 36.2. The lowest BCUT2D eigenvalue weighted by atomic mass is 9.99. The monoisotopic (exact) mass is 1040 g/mol. The molecule has 1 amide bonds. The van der Waals surface area contributed by atoms with Crippen molar-refractivity contribution in [3.05, 3.63) is 109 Å². The maximum atomic E-state index is 13.4. The van der Waals surface area contributed by atoms with Gasteiger partial charge in [-0.05, 0) is 103 Å².